The third-order valence-electron chi connectivity index (χ3n) is 4.50. The lowest BCUT2D eigenvalue weighted by atomic mass is 10.1. The number of esters is 2. The molecule has 2 aromatic carbocycles. The van der Waals surface area contributed by atoms with Crippen molar-refractivity contribution in [2.24, 2.45) is 4.99 Å². The summed E-state index contributed by atoms with van der Waals surface area (Å²) in [6.07, 6.45) is 1.49. The first-order valence-corrected chi connectivity index (χ1v) is 9.58. The van der Waals surface area contributed by atoms with Crippen molar-refractivity contribution in [3.63, 3.8) is 0 Å². The van der Waals surface area contributed by atoms with E-state index in [2.05, 4.69) is 20.6 Å². The Morgan fingerprint density at radius 3 is 2.53 bits per heavy atom. The van der Waals surface area contributed by atoms with E-state index in [4.69, 9.17) is 9.47 Å². The summed E-state index contributed by atoms with van der Waals surface area (Å²) in [5, 5.41) is 7.43. The van der Waals surface area contributed by atoms with E-state index in [0.29, 0.717) is 28.0 Å². The van der Waals surface area contributed by atoms with Gasteiger partial charge in [0.05, 0.1) is 18.7 Å². The number of fused-ring (bicyclic) bond motifs is 1. The summed E-state index contributed by atoms with van der Waals surface area (Å²) >= 11 is 0. The van der Waals surface area contributed by atoms with Crippen molar-refractivity contribution < 1.29 is 24.5 Å². The van der Waals surface area contributed by atoms with E-state index in [1.165, 1.54) is 6.20 Å². The van der Waals surface area contributed by atoms with Crippen molar-refractivity contribution in [3.8, 4) is 5.75 Å². The third-order valence-corrected chi connectivity index (χ3v) is 4.50. The Hall–Kier alpha value is -3.69. The van der Waals surface area contributed by atoms with Crippen LogP contribution in [0.3, 0.4) is 0 Å². The first kappa shape index (κ1) is 24.6. The van der Waals surface area contributed by atoms with E-state index in [-0.39, 0.29) is 30.2 Å². The molecule has 32 heavy (non-hydrogen) atoms. The quantitative estimate of drug-likeness (QED) is 0.443. The molecule has 10 heteroatoms. The highest BCUT2D eigenvalue weighted by molar-refractivity contribution is 6.05. The van der Waals surface area contributed by atoms with Gasteiger partial charge in [-0.25, -0.2) is 14.6 Å². The van der Waals surface area contributed by atoms with Gasteiger partial charge in [-0.15, -0.1) is 12.4 Å². The minimum Gasteiger partial charge on any atom is -0.461 e. The fourth-order valence-electron chi connectivity index (χ4n) is 3.10. The highest BCUT2D eigenvalue weighted by Gasteiger charge is 2.17. The van der Waals surface area contributed by atoms with Crippen LogP contribution in [0.4, 0.5) is 5.69 Å². The smallest absolute Gasteiger partial charge is 0.357 e. The summed E-state index contributed by atoms with van der Waals surface area (Å²) in [6.45, 7) is 3.53. The van der Waals surface area contributed by atoms with Crippen LogP contribution in [-0.4, -0.2) is 48.1 Å². The van der Waals surface area contributed by atoms with Crippen LogP contribution in [0, 0.1) is 0 Å². The van der Waals surface area contributed by atoms with Crippen LogP contribution in [0.1, 0.15) is 27.8 Å². The largest absolute Gasteiger partial charge is 0.461 e. The van der Waals surface area contributed by atoms with Crippen LogP contribution in [0.25, 0.3) is 10.8 Å². The Bertz CT molecular complexity index is 1130. The van der Waals surface area contributed by atoms with E-state index in [0.717, 1.165) is 18.8 Å². The van der Waals surface area contributed by atoms with Gasteiger partial charge in [-0.3, -0.25) is 4.99 Å². The molecule has 0 saturated carbocycles. The number of halogens is 1. The molecular formula is C22H23ClN4O5. The number of carbonyl (C=O) groups excluding carboxylic acids is 2. The number of hydrogen-bond donors (Lipinski definition) is 2. The second-order valence-electron chi connectivity index (χ2n) is 6.48. The third kappa shape index (κ3) is 5.32. The number of carbonyl (C=O) groups is 2. The van der Waals surface area contributed by atoms with Crippen molar-refractivity contribution in [3.05, 3.63) is 66.0 Å². The lowest BCUT2D eigenvalue weighted by molar-refractivity contribution is 0.0522. The molecule has 1 aliphatic heterocycles. The standard InChI is InChI=1S/C22H20N4O4.ClH.H2O/c1-2-29-21(28)19-17-4-3-5-18(16(17)10-11-23-19)30-20(27)14-6-8-15(9-7-14)26-22-24-12-13-25-22;;/h3-11H,2,12-13H2,1H3,(H2,24,25,26);1H;1H2. The number of nitrogens with one attached hydrogen (secondary N) is 2. The summed E-state index contributed by atoms with van der Waals surface area (Å²) in [7, 11) is 0. The van der Waals surface area contributed by atoms with Crippen LogP contribution in [0.15, 0.2) is 59.7 Å². The lowest BCUT2D eigenvalue weighted by Crippen LogP contribution is -2.26. The predicted octanol–water partition coefficient (Wildman–Crippen LogP) is 2.60. The van der Waals surface area contributed by atoms with Gasteiger partial charge >= 0.3 is 11.9 Å². The van der Waals surface area contributed by atoms with Gasteiger partial charge in [0.15, 0.2) is 11.7 Å². The second-order valence-corrected chi connectivity index (χ2v) is 6.48. The molecule has 4 N–H and O–H groups in total. The molecule has 0 fully saturated rings. The average molecular weight is 459 g/mol. The van der Waals surface area contributed by atoms with Gasteiger partial charge in [-0.2, -0.15) is 0 Å². The zero-order valence-electron chi connectivity index (χ0n) is 17.3. The van der Waals surface area contributed by atoms with Crippen molar-refractivity contribution in [1.29, 1.82) is 0 Å². The minimum atomic E-state index is -0.518. The van der Waals surface area contributed by atoms with Gasteiger partial charge in [-0.1, -0.05) is 12.1 Å². The molecule has 0 aliphatic carbocycles. The summed E-state index contributed by atoms with van der Waals surface area (Å²) in [4.78, 5) is 33.2. The van der Waals surface area contributed by atoms with Gasteiger partial charge in [0, 0.05) is 29.2 Å². The van der Waals surface area contributed by atoms with Crippen LogP contribution < -0.4 is 15.4 Å². The zero-order chi connectivity index (χ0) is 20.9. The van der Waals surface area contributed by atoms with E-state index in [1.807, 2.05) is 0 Å². The number of rotatable bonds is 5. The molecule has 3 aromatic rings. The SMILES string of the molecule is CCOC(=O)c1nccc2c(OC(=O)c3ccc(NC4=NCCN4)cc3)cccc12.Cl.O. The average Bonchev–Trinajstić information content (AvgIpc) is 3.27. The van der Waals surface area contributed by atoms with Gasteiger partial charge in [0.1, 0.15) is 5.75 Å². The Balaban J connectivity index is 0.00000181. The molecule has 1 aromatic heterocycles. The van der Waals surface area contributed by atoms with Gasteiger partial charge in [0.25, 0.3) is 0 Å². The summed E-state index contributed by atoms with van der Waals surface area (Å²) in [5.74, 6) is 0.0418. The molecule has 0 saturated heterocycles. The van der Waals surface area contributed by atoms with Crippen molar-refractivity contribution in [1.82, 2.24) is 10.3 Å². The normalized spacial score (nSPS) is 12.0. The fourth-order valence-corrected chi connectivity index (χ4v) is 3.10. The number of pyridine rings is 1. The van der Waals surface area contributed by atoms with E-state index >= 15 is 0 Å². The molecule has 0 radical (unpaired) electrons. The Kier molecular flexibility index (Phi) is 8.51. The monoisotopic (exact) mass is 458 g/mol. The van der Waals surface area contributed by atoms with Gasteiger partial charge in [-0.05, 0) is 43.3 Å². The molecular weight excluding hydrogens is 436 g/mol. The van der Waals surface area contributed by atoms with Gasteiger partial charge in [0.2, 0.25) is 0 Å². The Labute approximate surface area is 190 Å². The molecule has 0 unspecified atom stereocenters. The molecule has 1 aliphatic rings. The molecule has 0 spiro atoms. The number of ether oxygens (including phenoxy) is 2. The Morgan fingerprint density at radius 2 is 1.84 bits per heavy atom. The van der Waals surface area contributed by atoms with Crippen molar-refractivity contribution in [2.75, 3.05) is 25.0 Å². The number of aliphatic imine (C=N–C) groups is 1. The van der Waals surface area contributed by atoms with Crippen LogP contribution in [-0.2, 0) is 4.74 Å². The number of aromatic nitrogens is 1. The maximum Gasteiger partial charge on any atom is 0.357 e. The molecule has 9 nitrogen and oxygen atoms in total. The maximum atomic E-state index is 12.6. The highest BCUT2D eigenvalue weighted by atomic mass is 35.5. The van der Waals surface area contributed by atoms with Crippen molar-refractivity contribution in [2.45, 2.75) is 6.92 Å². The first-order valence-electron chi connectivity index (χ1n) is 9.58. The maximum absolute atomic E-state index is 12.6. The molecule has 0 atom stereocenters. The molecule has 4 rings (SSSR count). The lowest BCUT2D eigenvalue weighted by Gasteiger charge is -2.10. The van der Waals surface area contributed by atoms with Gasteiger partial charge < -0.3 is 25.6 Å². The molecule has 0 bridgehead atoms. The first-order chi connectivity index (χ1) is 14.7. The van der Waals surface area contributed by atoms with Crippen molar-refractivity contribution >= 4 is 46.8 Å². The molecule has 2 heterocycles. The zero-order valence-corrected chi connectivity index (χ0v) is 18.1. The summed E-state index contributed by atoms with van der Waals surface area (Å²) in [6, 6.07) is 13.7. The van der Waals surface area contributed by atoms with E-state index in [1.54, 1.807) is 55.5 Å². The minimum absolute atomic E-state index is 0. The van der Waals surface area contributed by atoms with E-state index in [9.17, 15) is 9.59 Å². The van der Waals surface area contributed by atoms with Crippen LogP contribution >= 0.6 is 12.4 Å². The number of guanidine groups is 1. The fraction of sp³-hybridized carbons (Fsp3) is 0.182. The number of benzene rings is 2. The summed E-state index contributed by atoms with van der Waals surface area (Å²) in [5.41, 5.74) is 1.40. The number of nitrogens with zero attached hydrogens (tertiary/aromatic N) is 2. The number of hydrogen-bond acceptors (Lipinski definition) is 8. The highest BCUT2D eigenvalue weighted by Crippen LogP contribution is 2.28. The second kappa shape index (κ2) is 11.1. The molecule has 168 valence electrons. The number of anilines is 1. The van der Waals surface area contributed by atoms with E-state index < -0.39 is 11.9 Å². The molecule has 0 amide bonds. The van der Waals surface area contributed by atoms with Crippen LogP contribution in [0.5, 0.6) is 5.75 Å². The summed E-state index contributed by atoms with van der Waals surface area (Å²) < 4.78 is 10.7. The topological polar surface area (TPSA) is 133 Å². The Morgan fingerprint density at radius 1 is 1.06 bits per heavy atom. The predicted molar refractivity (Wildman–Crippen MR) is 124 cm³/mol. The van der Waals surface area contributed by atoms with Crippen LogP contribution in [0.2, 0.25) is 0 Å².